The first kappa shape index (κ1) is 19.6. The second-order valence-corrected chi connectivity index (χ2v) is 7.38. The van der Waals surface area contributed by atoms with Crippen LogP contribution >= 0.6 is 22.9 Å². The van der Waals surface area contributed by atoms with E-state index < -0.39 is 0 Å². The molecule has 0 saturated heterocycles. The van der Waals surface area contributed by atoms with Gasteiger partial charge in [0.1, 0.15) is 5.75 Å². The molecule has 1 aromatic heterocycles. The van der Waals surface area contributed by atoms with E-state index in [9.17, 15) is 4.79 Å². The molecule has 3 rings (SSSR count). The van der Waals surface area contributed by atoms with Gasteiger partial charge >= 0.3 is 0 Å². The Morgan fingerprint density at radius 3 is 2.70 bits per heavy atom. The largest absolute Gasteiger partial charge is 0.493 e. The van der Waals surface area contributed by atoms with Crippen molar-refractivity contribution in [1.82, 2.24) is 4.57 Å². The molecule has 0 aliphatic rings. The predicted octanol–water partition coefficient (Wildman–Crippen LogP) is 4.21. The molecule has 1 heterocycles. The van der Waals surface area contributed by atoms with Gasteiger partial charge in [0.15, 0.2) is 4.80 Å². The van der Waals surface area contributed by atoms with Gasteiger partial charge in [0.25, 0.3) is 5.91 Å². The summed E-state index contributed by atoms with van der Waals surface area (Å²) in [4.78, 5) is 17.3. The third kappa shape index (κ3) is 4.77. The van der Waals surface area contributed by atoms with Gasteiger partial charge in [-0.15, -0.1) is 0 Å². The number of aryl methyl sites for hydroxylation is 1. The van der Waals surface area contributed by atoms with Crippen molar-refractivity contribution in [3.63, 3.8) is 0 Å². The molecular weight excluding hydrogens is 384 g/mol. The van der Waals surface area contributed by atoms with Crippen molar-refractivity contribution >= 4 is 39.1 Å². The zero-order chi connectivity index (χ0) is 19.2. The maximum absolute atomic E-state index is 12.3. The van der Waals surface area contributed by atoms with Gasteiger partial charge in [0, 0.05) is 18.7 Å². The fraction of sp³-hybridized carbons (Fsp3) is 0.300. The molecular formula is C20H21ClN2O3S. The molecule has 5 nitrogen and oxygen atoms in total. The predicted molar refractivity (Wildman–Crippen MR) is 109 cm³/mol. The number of thiazole rings is 1. The van der Waals surface area contributed by atoms with E-state index in [-0.39, 0.29) is 12.3 Å². The van der Waals surface area contributed by atoms with E-state index in [1.165, 1.54) is 11.3 Å². The Morgan fingerprint density at radius 2 is 1.96 bits per heavy atom. The molecule has 1 amide bonds. The number of carbonyl (C=O) groups is 1. The monoisotopic (exact) mass is 404 g/mol. The number of nitrogens with zero attached hydrogens (tertiary/aromatic N) is 2. The highest BCUT2D eigenvalue weighted by molar-refractivity contribution is 7.16. The fourth-order valence-electron chi connectivity index (χ4n) is 2.73. The van der Waals surface area contributed by atoms with Crippen molar-refractivity contribution in [2.75, 3.05) is 20.3 Å². The summed E-state index contributed by atoms with van der Waals surface area (Å²) in [5.41, 5.74) is 1.97. The third-order valence-corrected chi connectivity index (χ3v) is 5.55. The summed E-state index contributed by atoms with van der Waals surface area (Å²) in [6, 6.07) is 13.3. The number of rotatable bonds is 7. The number of amides is 1. The lowest BCUT2D eigenvalue weighted by atomic mass is 10.2. The fourth-order valence-corrected chi connectivity index (χ4v) is 4.01. The first-order chi connectivity index (χ1) is 13.1. The molecule has 0 fully saturated rings. The van der Waals surface area contributed by atoms with E-state index in [4.69, 9.17) is 21.1 Å². The van der Waals surface area contributed by atoms with E-state index in [1.54, 1.807) is 7.11 Å². The Morgan fingerprint density at radius 1 is 1.19 bits per heavy atom. The zero-order valence-electron chi connectivity index (χ0n) is 15.3. The highest BCUT2D eigenvalue weighted by atomic mass is 35.5. The Kier molecular flexibility index (Phi) is 6.66. The van der Waals surface area contributed by atoms with Crippen molar-refractivity contribution < 1.29 is 14.3 Å². The minimum absolute atomic E-state index is 0.215. The van der Waals surface area contributed by atoms with Crippen LogP contribution < -0.4 is 9.54 Å². The number of halogens is 1. The van der Waals surface area contributed by atoms with Crippen molar-refractivity contribution in [1.29, 1.82) is 0 Å². The summed E-state index contributed by atoms with van der Waals surface area (Å²) in [7, 11) is 1.65. The van der Waals surface area contributed by atoms with Gasteiger partial charge in [-0.25, -0.2) is 0 Å². The lowest BCUT2D eigenvalue weighted by Crippen LogP contribution is -2.20. The van der Waals surface area contributed by atoms with Crippen molar-refractivity contribution in [3.05, 3.63) is 57.9 Å². The van der Waals surface area contributed by atoms with E-state index in [0.29, 0.717) is 29.6 Å². The first-order valence-corrected chi connectivity index (χ1v) is 9.82. The number of fused-ring (bicyclic) bond motifs is 1. The minimum Gasteiger partial charge on any atom is -0.493 e. The van der Waals surface area contributed by atoms with E-state index >= 15 is 0 Å². The Labute approximate surface area is 166 Å². The molecule has 0 aliphatic carbocycles. The highest BCUT2D eigenvalue weighted by Gasteiger charge is 2.12. The van der Waals surface area contributed by atoms with Gasteiger partial charge in [-0.2, -0.15) is 4.99 Å². The summed E-state index contributed by atoms with van der Waals surface area (Å²) in [6.07, 6.45) is 0.215. The van der Waals surface area contributed by atoms with Gasteiger partial charge < -0.3 is 14.0 Å². The first-order valence-electron chi connectivity index (χ1n) is 8.63. The van der Waals surface area contributed by atoms with Crippen LogP contribution in [0.2, 0.25) is 5.02 Å². The maximum Gasteiger partial charge on any atom is 0.251 e. The lowest BCUT2D eigenvalue weighted by Gasteiger charge is -2.07. The van der Waals surface area contributed by atoms with Gasteiger partial charge in [-0.05, 0) is 36.8 Å². The summed E-state index contributed by atoms with van der Waals surface area (Å²) < 4.78 is 13.8. The van der Waals surface area contributed by atoms with Crippen LogP contribution in [-0.4, -0.2) is 30.8 Å². The SMILES string of the molecule is COCCn1c(=NC(=O)CCOc2ccccc2)sc2ccc(Cl)c(C)c21. The number of hydrogen-bond acceptors (Lipinski definition) is 4. The number of carbonyl (C=O) groups excluding carboxylic acids is 1. The molecule has 0 aliphatic heterocycles. The van der Waals surface area contributed by atoms with E-state index in [0.717, 1.165) is 21.5 Å². The van der Waals surface area contributed by atoms with Crippen molar-refractivity contribution in [3.8, 4) is 5.75 Å². The number of para-hydroxylation sites is 1. The molecule has 7 heteroatoms. The standard InChI is InChI=1S/C20H21ClN2O3S/c1-14-16(21)8-9-17-19(14)23(11-13-25-2)20(27-17)22-18(24)10-12-26-15-6-4-3-5-7-15/h3-9H,10-13H2,1-2H3. The van der Waals surface area contributed by atoms with Gasteiger partial charge in [0.05, 0.1) is 29.9 Å². The third-order valence-electron chi connectivity index (χ3n) is 4.10. The van der Waals surface area contributed by atoms with E-state index in [1.807, 2.05) is 54.0 Å². The van der Waals surface area contributed by atoms with Crippen LogP contribution in [0, 0.1) is 6.92 Å². The van der Waals surface area contributed by atoms with Gasteiger partial charge in [-0.1, -0.05) is 41.1 Å². The Bertz CT molecular complexity index is 996. The number of ether oxygens (including phenoxy) is 2. The average molecular weight is 405 g/mol. The molecule has 0 bridgehead atoms. The van der Waals surface area contributed by atoms with Crippen LogP contribution in [0.3, 0.4) is 0 Å². The molecule has 0 spiro atoms. The average Bonchev–Trinajstić information content (AvgIpc) is 3.01. The topological polar surface area (TPSA) is 52.8 Å². The molecule has 3 aromatic rings. The smallest absolute Gasteiger partial charge is 0.251 e. The number of aromatic nitrogens is 1. The molecule has 2 aromatic carbocycles. The molecule has 0 unspecified atom stereocenters. The molecule has 0 atom stereocenters. The number of benzene rings is 2. The summed E-state index contributed by atoms with van der Waals surface area (Å²) in [6.45, 7) is 3.39. The van der Waals surface area contributed by atoms with Crippen LogP contribution in [0.4, 0.5) is 0 Å². The quantitative estimate of drug-likeness (QED) is 0.592. The molecule has 27 heavy (non-hydrogen) atoms. The number of methoxy groups -OCH3 is 1. The van der Waals surface area contributed by atoms with E-state index in [2.05, 4.69) is 4.99 Å². The van der Waals surface area contributed by atoms with Crippen LogP contribution in [0.1, 0.15) is 12.0 Å². The van der Waals surface area contributed by atoms with Gasteiger partial charge in [-0.3, -0.25) is 4.79 Å². The maximum atomic E-state index is 12.3. The second-order valence-electron chi connectivity index (χ2n) is 5.97. The van der Waals surface area contributed by atoms with Crippen LogP contribution in [0.5, 0.6) is 5.75 Å². The van der Waals surface area contributed by atoms with Crippen LogP contribution in [-0.2, 0) is 16.1 Å². The molecule has 0 saturated carbocycles. The Hall–Kier alpha value is -2.15. The molecule has 0 N–H and O–H groups in total. The molecule has 0 radical (unpaired) electrons. The molecule has 142 valence electrons. The lowest BCUT2D eigenvalue weighted by molar-refractivity contribution is -0.118. The zero-order valence-corrected chi connectivity index (χ0v) is 16.8. The highest BCUT2D eigenvalue weighted by Crippen LogP contribution is 2.27. The normalized spacial score (nSPS) is 11.9. The second kappa shape index (κ2) is 9.17. The number of hydrogen-bond donors (Lipinski definition) is 0. The summed E-state index contributed by atoms with van der Waals surface area (Å²) in [5, 5.41) is 0.695. The summed E-state index contributed by atoms with van der Waals surface area (Å²) in [5.74, 6) is 0.528. The van der Waals surface area contributed by atoms with Crippen LogP contribution in [0.15, 0.2) is 47.5 Å². The van der Waals surface area contributed by atoms with Crippen molar-refractivity contribution in [2.45, 2.75) is 19.9 Å². The van der Waals surface area contributed by atoms with Crippen molar-refractivity contribution in [2.24, 2.45) is 4.99 Å². The Balaban J connectivity index is 1.83. The van der Waals surface area contributed by atoms with Crippen LogP contribution in [0.25, 0.3) is 10.2 Å². The summed E-state index contributed by atoms with van der Waals surface area (Å²) >= 11 is 7.76. The van der Waals surface area contributed by atoms with Gasteiger partial charge in [0.2, 0.25) is 0 Å². The minimum atomic E-state index is -0.215.